The van der Waals surface area contributed by atoms with Crippen LogP contribution >= 0.6 is 0 Å². The van der Waals surface area contributed by atoms with Gasteiger partial charge in [0.2, 0.25) is 0 Å². The van der Waals surface area contributed by atoms with Gasteiger partial charge in [0, 0.05) is 13.7 Å². The van der Waals surface area contributed by atoms with Crippen LogP contribution in [0, 0.1) is 5.82 Å². The lowest BCUT2D eigenvalue weighted by atomic mass is 10.1. The first-order valence-corrected chi connectivity index (χ1v) is 7.79. The van der Waals surface area contributed by atoms with Crippen molar-refractivity contribution in [2.24, 2.45) is 0 Å². The molecule has 0 aromatic heterocycles. The lowest BCUT2D eigenvalue weighted by molar-refractivity contribution is 0.146. The van der Waals surface area contributed by atoms with Crippen LogP contribution in [0.2, 0.25) is 0 Å². The van der Waals surface area contributed by atoms with E-state index >= 15 is 0 Å². The Kier molecular flexibility index (Phi) is 7.18. The van der Waals surface area contributed by atoms with Crippen LogP contribution in [0.1, 0.15) is 11.7 Å². The summed E-state index contributed by atoms with van der Waals surface area (Å²) in [6.45, 7) is 0.786. The molecule has 0 radical (unpaired) electrons. The van der Waals surface area contributed by atoms with Crippen molar-refractivity contribution in [3.8, 4) is 5.75 Å². The van der Waals surface area contributed by atoms with E-state index in [0.29, 0.717) is 30.2 Å². The third-order valence-corrected chi connectivity index (χ3v) is 3.39. The number of nitrogens with one attached hydrogen (secondary N) is 2. The fourth-order valence-corrected chi connectivity index (χ4v) is 2.09. The number of benzene rings is 2. The second-order valence-electron chi connectivity index (χ2n) is 5.24. The van der Waals surface area contributed by atoms with Crippen molar-refractivity contribution in [3.05, 3.63) is 59.9 Å². The number of carbonyl (C=O) groups is 1. The largest absolute Gasteiger partial charge is 0.489 e. The zero-order valence-electron chi connectivity index (χ0n) is 13.9. The van der Waals surface area contributed by atoms with Crippen molar-refractivity contribution in [1.29, 1.82) is 0 Å². The van der Waals surface area contributed by atoms with Crippen LogP contribution < -0.4 is 15.4 Å². The minimum Gasteiger partial charge on any atom is -0.489 e. The molecule has 0 saturated heterocycles. The predicted molar refractivity (Wildman–Crippen MR) is 92.2 cm³/mol. The Morgan fingerprint density at radius 3 is 2.60 bits per heavy atom. The van der Waals surface area contributed by atoms with E-state index < -0.39 is 12.1 Å². The number of urea groups is 1. The Balaban J connectivity index is 1.86. The Bertz CT molecular complexity index is 679. The highest BCUT2D eigenvalue weighted by Crippen LogP contribution is 2.23. The molecular weight excluding hydrogens is 327 g/mol. The molecule has 0 saturated carbocycles. The normalized spacial score (nSPS) is 11.6. The maximum absolute atomic E-state index is 12.9. The number of aliphatic hydroxyl groups is 1. The monoisotopic (exact) mass is 348 g/mol. The van der Waals surface area contributed by atoms with E-state index in [1.165, 1.54) is 24.3 Å². The second kappa shape index (κ2) is 9.61. The highest BCUT2D eigenvalue weighted by molar-refractivity contribution is 5.90. The number of hydrogen-bond donors (Lipinski definition) is 3. The van der Waals surface area contributed by atoms with Gasteiger partial charge in [-0.15, -0.1) is 0 Å². The molecule has 6 nitrogen and oxygen atoms in total. The number of carbonyl (C=O) groups excluding carboxylic acids is 1. The molecule has 2 aromatic rings. The summed E-state index contributed by atoms with van der Waals surface area (Å²) in [5, 5.41) is 15.3. The average Bonchev–Trinajstić information content (AvgIpc) is 2.62. The van der Waals surface area contributed by atoms with Gasteiger partial charge in [0.1, 0.15) is 18.2 Å². The zero-order chi connectivity index (χ0) is 18.1. The highest BCUT2D eigenvalue weighted by Gasteiger charge is 2.11. The zero-order valence-corrected chi connectivity index (χ0v) is 13.9. The summed E-state index contributed by atoms with van der Waals surface area (Å²) in [5.41, 5.74) is 1.03. The highest BCUT2D eigenvalue weighted by atomic mass is 19.1. The summed E-state index contributed by atoms with van der Waals surface area (Å²) in [6.07, 6.45) is -0.931. The number of rotatable bonds is 8. The van der Waals surface area contributed by atoms with Gasteiger partial charge in [-0.25, -0.2) is 9.18 Å². The Labute approximate surface area is 145 Å². The molecular formula is C18H21FN2O4. The minimum atomic E-state index is -0.931. The van der Waals surface area contributed by atoms with Crippen LogP contribution in [0.4, 0.5) is 14.9 Å². The van der Waals surface area contributed by atoms with E-state index in [-0.39, 0.29) is 12.4 Å². The van der Waals surface area contributed by atoms with Crippen molar-refractivity contribution in [2.75, 3.05) is 32.2 Å². The van der Waals surface area contributed by atoms with E-state index in [1.807, 2.05) is 0 Å². The summed E-state index contributed by atoms with van der Waals surface area (Å²) in [5.74, 6) is 0.139. The number of aliphatic hydroxyl groups excluding tert-OH is 1. The quantitative estimate of drug-likeness (QED) is 0.641. The van der Waals surface area contributed by atoms with Crippen molar-refractivity contribution in [2.45, 2.75) is 6.10 Å². The van der Waals surface area contributed by atoms with Gasteiger partial charge in [-0.05, 0) is 29.8 Å². The first-order chi connectivity index (χ1) is 12.1. The molecule has 2 amide bonds. The molecule has 0 heterocycles. The Morgan fingerprint density at radius 2 is 1.88 bits per heavy atom. The van der Waals surface area contributed by atoms with Gasteiger partial charge in [0.05, 0.1) is 18.4 Å². The van der Waals surface area contributed by atoms with Crippen molar-refractivity contribution in [1.82, 2.24) is 5.32 Å². The fourth-order valence-electron chi connectivity index (χ4n) is 2.09. The van der Waals surface area contributed by atoms with Gasteiger partial charge >= 0.3 is 6.03 Å². The molecule has 0 spiro atoms. The first-order valence-electron chi connectivity index (χ1n) is 7.79. The summed E-state index contributed by atoms with van der Waals surface area (Å²) in [6, 6.07) is 12.0. The molecule has 0 aliphatic rings. The number of ether oxygens (including phenoxy) is 2. The van der Waals surface area contributed by atoms with Gasteiger partial charge in [0.15, 0.2) is 0 Å². The molecule has 0 aliphatic heterocycles. The third-order valence-electron chi connectivity index (χ3n) is 3.39. The lowest BCUT2D eigenvalue weighted by Gasteiger charge is -2.15. The van der Waals surface area contributed by atoms with Crippen LogP contribution in [0.5, 0.6) is 5.75 Å². The van der Waals surface area contributed by atoms with Crippen LogP contribution in [0.15, 0.2) is 48.5 Å². The Hall–Kier alpha value is -2.64. The summed E-state index contributed by atoms with van der Waals surface area (Å²) < 4.78 is 23.3. The van der Waals surface area contributed by atoms with Gasteiger partial charge in [-0.2, -0.15) is 0 Å². The molecule has 134 valence electrons. The van der Waals surface area contributed by atoms with E-state index in [4.69, 9.17) is 9.47 Å². The molecule has 0 fully saturated rings. The van der Waals surface area contributed by atoms with Crippen molar-refractivity contribution in [3.63, 3.8) is 0 Å². The number of halogens is 1. The predicted octanol–water partition coefficient (Wildman–Crippen LogP) is 2.71. The van der Waals surface area contributed by atoms with Crippen molar-refractivity contribution < 1.29 is 23.8 Å². The SMILES string of the molecule is COCCOc1ccccc1NC(=O)NCC(O)c1ccc(F)cc1. The van der Waals surface area contributed by atoms with Crippen LogP contribution in [-0.4, -0.2) is 38.0 Å². The molecule has 7 heteroatoms. The first kappa shape index (κ1) is 18.7. The maximum atomic E-state index is 12.9. The van der Waals surface area contributed by atoms with E-state index in [2.05, 4.69) is 10.6 Å². The van der Waals surface area contributed by atoms with Gasteiger partial charge in [-0.3, -0.25) is 0 Å². The number of para-hydroxylation sites is 2. The molecule has 3 N–H and O–H groups in total. The van der Waals surface area contributed by atoms with E-state index in [9.17, 15) is 14.3 Å². The van der Waals surface area contributed by atoms with Crippen LogP contribution in [-0.2, 0) is 4.74 Å². The fraction of sp³-hybridized carbons (Fsp3) is 0.278. The molecule has 0 bridgehead atoms. The van der Waals surface area contributed by atoms with E-state index in [0.717, 1.165) is 0 Å². The molecule has 1 atom stereocenters. The van der Waals surface area contributed by atoms with Gasteiger partial charge in [0.25, 0.3) is 0 Å². The molecule has 2 rings (SSSR count). The second-order valence-corrected chi connectivity index (χ2v) is 5.24. The third kappa shape index (κ3) is 6.06. The number of methoxy groups -OCH3 is 1. The number of hydrogen-bond acceptors (Lipinski definition) is 4. The van der Waals surface area contributed by atoms with Gasteiger partial charge < -0.3 is 25.2 Å². The number of amides is 2. The van der Waals surface area contributed by atoms with E-state index in [1.54, 1.807) is 31.4 Å². The van der Waals surface area contributed by atoms with Crippen LogP contribution in [0.25, 0.3) is 0 Å². The molecule has 2 aromatic carbocycles. The smallest absolute Gasteiger partial charge is 0.319 e. The summed E-state index contributed by atoms with van der Waals surface area (Å²) >= 11 is 0. The summed E-state index contributed by atoms with van der Waals surface area (Å²) in [4.78, 5) is 12.0. The molecule has 1 unspecified atom stereocenters. The molecule has 0 aliphatic carbocycles. The molecule has 25 heavy (non-hydrogen) atoms. The number of anilines is 1. The van der Waals surface area contributed by atoms with Crippen molar-refractivity contribution >= 4 is 11.7 Å². The standard InChI is InChI=1S/C18H21FN2O4/c1-24-10-11-25-17-5-3-2-4-15(17)21-18(23)20-12-16(22)13-6-8-14(19)9-7-13/h2-9,16,22H,10-12H2,1H3,(H2,20,21,23). The maximum Gasteiger partial charge on any atom is 0.319 e. The average molecular weight is 348 g/mol. The minimum absolute atomic E-state index is 0.00976. The van der Waals surface area contributed by atoms with Crippen LogP contribution in [0.3, 0.4) is 0 Å². The summed E-state index contributed by atoms with van der Waals surface area (Å²) in [7, 11) is 1.58. The topological polar surface area (TPSA) is 79.8 Å². The lowest BCUT2D eigenvalue weighted by Crippen LogP contribution is -2.32. The van der Waals surface area contributed by atoms with Gasteiger partial charge in [-0.1, -0.05) is 24.3 Å². The Morgan fingerprint density at radius 1 is 1.16 bits per heavy atom.